The third-order valence-corrected chi connectivity index (χ3v) is 3.11. The zero-order valence-electron chi connectivity index (χ0n) is 8.68. The predicted molar refractivity (Wildman–Crippen MR) is 61.0 cm³/mol. The van der Waals surface area contributed by atoms with E-state index in [4.69, 9.17) is 0 Å². The van der Waals surface area contributed by atoms with Crippen LogP contribution in [0.1, 0.15) is 51.9 Å². The van der Waals surface area contributed by atoms with Crippen LogP contribution >= 0.6 is 11.8 Å². The van der Waals surface area contributed by atoms with Crippen LogP contribution in [-0.4, -0.2) is 17.8 Å². The van der Waals surface area contributed by atoms with E-state index in [1.165, 1.54) is 37.9 Å². The van der Waals surface area contributed by atoms with Gasteiger partial charge in [-0.25, -0.2) is 0 Å². The molecular weight excluding hydrogens is 180 g/mol. The average Bonchev–Trinajstić information content (AvgIpc) is 2.16. The van der Waals surface area contributed by atoms with Crippen LogP contribution in [0.4, 0.5) is 0 Å². The molecule has 77 valence electrons. The second-order valence-corrected chi connectivity index (χ2v) is 4.50. The maximum absolute atomic E-state index is 9.88. The monoisotopic (exact) mass is 201 g/mol. The lowest BCUT2D eigenvalue weighted by atomic mass is 10.2. The summed E-state index contributed by atoms with van der Waals surface area (Å²) in [7, 11) is 0. The lowest BCUT2D eigenvalue weighted by Gasteiger charge is -1.99. The van der Waals surface area contributed by atoms with Crippen LogP contribution in [0, 0.1) is 0 Å². The second-order valence-electron chi connectivity index (χ2n) is 3.27. The molecule has 1 radical (unpaired) electrons. The summed E-state index contributed by atoms with van der Waals surface area (Å²) in [4.78, 5) is 9.88. The van der Waals surface area contributed by atoms with E-state index in [2.05, 4.69) is 6.92 Å². The van der Waals surface area contributed by atoms with Crippen LogP contribution in [0.2, 0.25) is 0 Å². The van der Waals surface area contributed by atoms with Gasteiger partial charge in [-0.3, -0.25) is 4.79 Å². The second kappa shape index (κ2) is 12.0. The number of thioether (sulfide) groups is 1. The summed E-state index contributed by atoms with van der Waals surface area (Å²) in [5, 5.41) is 0. The van der Waals surface area contributed by atoms with Crippen molar-refractivity contribution in [1.29, 1.82) is 0 Å². The molecule has 2 heteroatoms. The zero-order valence-corrected chi connectivity index (χ0v) is 9.50. The van der Waals surface area contributed by atoms with Gasteiger partial charge in [0.25, 0.3) is 0 Å². The highest BCUT2D eigenvalue weighted by molar-refractivity contribution is 7.99. The summed E-state index contributed by atoms with van der Waals surface area (Å²) in [6.45, 7) is 2.24. The lowest BCUT2D eigenvalue weighted by molar-refractivity contribution is 0.550. The standard InChI is InChI=1S/C11H21OS/c1-2-3-4-5-7-10-13-11-8-6-9-12/h2-8,10-11H2,1H3. The van der Waals surface area contributed by atoms with Crippen LogP contribution < -0.4 is 0 Å². The van der Waals surface area contributed by atoms with Crippen LogP contribution in [0.3, 0.4) is 0 Å². The van der Waals surface area contributed by atoms with Gasteiger partial charge in [-0.1, -0.05) is 32.6 Å². The number of rotatable bonds is 10. The first-order valence-corrected chi connectivity index (χ1v) is 6.50. The third kappa shape index (κ3) is 12.0. The minimum absolute atomic E-state index is 0.614. The summed E-state index contributed by atoms with van der Waals surface area (Å²) in [5.74, 6) is 2.39. The molecular formula is C11H21OS. The lowest BCUT2D eigenvalue weighted by Crippen LogP contribution is -1.85. The van der Waals surface area contributed by atoms with Gasteiger partial charge in [0.05, 0.1) is 0 Å². The van der Waals surface area contributed by atoms with E-state index in [9.17, 15) is 4.79 Å². The summed E-state index contributed by atoms with van der Waals surface area (Å²) in [6, 6.07) is 0. The van der Waals surface area contributed by atoms with E-state index in [1.54, 1.807) is 0 Å². The molecule has 0 heterocycles. The van der Waals surface area contributed by atoms with Crippen molar-refractivity contribution >= 4 is 18.0 Å². The Morgan fingerprint density at radius 1 is 1.00 bits per heavy atom. The molecule has 0 atom stereocenters. The van der Waals surface area contributed by atoms with Gasteiger partial charge in [-0.05, 0) is 24.3 Å². The number of unbranched alkanes of at least 4 members (excludes halogenated alkanes) is 5. The Bertz CT molecular complexity index is 104. The first-order valence-electron chi connectivity index (χ1n) is 5.34. The molecule has 0 aromatic heterocycles. The Morgan fingerprint density at radius 2 is 1.69 bits per heavy atom. The minimum atomic E-state index is 0.614. The molecule has 1 nitrogen and oxygen atoms in total. The van der Waals surface area contributed by atoms with E-state index in [0.717, 1.165) is 12.2 Å². The molecule has 0 fully saturated rings. The highest BCUT2D eigenvalue weighted by Gasteiger charge is 1.91. The molecule has 0 amide bonds. The van der Waals surface area contributed by atoms with Crippen molar-refractivity contribution in [1.82, 2.24) is 0 Å². The van der Waals surface area contributed by atoms with E-state index in [1.807, 2.05) is 18.0 Å². The number of hydrogen-bond acceptors (Lipinski definition) is 2. The Morgan fingerprint density at radius 3 is 2.38 bits per heavy atom. The highest BCUT2D eigenvalue weighted by Crippen LogP contribution is 2.09. The van der Waals surface area contributed by atoms with Crippen molar-refractivity contribution in [3.63, 3.8) is 0 Å². The molecule has 0 saturated heterocycles. The van der Waals surface area contributed by atoms with Crippen molar-refractivity contribution in [2.75, 3.05) is 11.5 Å². The van der Waals surface area contributed by atoms with Crippen molar-refractivity contribution in [2.24, 2.45) is 0 Å². The third-order valence-electron chi connectivity index (χ3n) is 1.96. The number of carbonyl (C=O) groups excluding carboxylic acids is 1. The smallest absolute Gasteiger partial charge is 0.198 e. The Labute approximate surface area is 86.7 Å². The normalized spacial score (nSPS) is 10.2. The largest absolute Gasteiger partial charge is 0.291 e. The van der Waals surface area contributed by atoms with Gasteiger partial charge >= 0.3 is 0 Å². The molecule has 0 rings (SSSR count). The van der Waals surface area contributed by atoms with Gasteiger partial charge in [-0.15, -0.1) is 0 Å². The maximum atomic E-state index is 9.88. The molecule has 0 bridgehead atoms. The van der Waals surface area contributed by atoms with Gasteiger partial charge in [0.1, 0.15) is 0 Å². The van der Waals surface area contributed by atoms with Gasteiger partial charge in [0.15, 0.2) is 6.29 Å². The van der Waals surface area contributed by atoms with E-state index < -0.39 is 0 Å². The first kappa shape index (κ1) is 13.0. The average molecular weight is 201 g/mol. The summed E-state index contributed by atoms with van der Waals surface area (Å²) in [5.41, 5.74) is 0. The predicted octanol–water partition coefficient (Wildman–Crippen LogP) is 3.58. The Hall–Kier alpha value is 0.0200. The van der Waals surface area contributed by atoms with E-state index >= 15 is 0 Å². The summed E-state index contributed by atoms with van der Waals surface area (Å²) >= 11 is 1.97. The first-order chi connectivity index (χ1) is 6.41. The topological polar surface area (TPSA) is 17.1 Å². The molecule has 0 aromatic rings. The molecule has 0 aliphatic heterocycles. The summed E-state index contributed by atoms with van der Waals surface area (Å²) in [6.07, 6.45) is 10.3. The van der Waals surface area contributed by atoms with Crippen molar-refractivity contribution in [3.8, 4) is 0 Å². The fourth-order valence-corrected chi connectivity index (χ4v) is 2.12. The molecule has 0 aromatic carbocycles. The summed E-state index contributed by atoms with van der Waals surface area (Å²) < 4.78 is 0. The Balaban J connectivity index is 2.79. The maximum Gasteiger partial charge on any atom is 0.198 e. The molecule has 0 saturated carbocycles. The van der Waals surface area contributed by atoms with Crippen molar-refractivity contribution in [2.45, 2.75) is 51.9 Å². The van der Waals surface area contributed by atoms with E-state index in [0.29, 0.717) is 6.42 Å². The fourth-order valence-electron chi connectivity index (χ4n) is 1.16. The molecule has 0 N–H and O–H groups in total. The Kier molecular flexibility index (Phi) is 12.0. The van der Waals surface area contributed by atoms with Crippen molar-refractivity contribution in [3.05, 3.63) is 0 Å². The SMILES string of the molecule is CCCCCCCSCCC[C]=O. The number of hydrogen-bond donors (Lipinski definition) is 0. The van der Waals surface area contributed by atoms with Gasteiger partial charge in [0.2, 0.25) is 0 Å². The minimum Gasteiger partial charge on any atom is -0.291 e. The van der Waals surface area contributed by atoms with Gasteiger partial charge in [0, 0.05) is 6.42 Å². The van der Waals surface area contributed by atoms with Crippen LogP contribution in [0.15, 0.2) is 0 Å². The van der Waals surface area contributed by atoms with Crippen LogP contribution in [0.25, 0.3) is 0 Å². The van der Waals surface area contributed by atoms with Gasteiger partial charge in [-0.2, -0.15) is 11.8 Å². The van der Waals surface area contributed by atoms with Crippen LogP contribution in [-0.2, 0) is 4.79 Å². The quantitative estimate of drug-likeness (QED) is 0.503. The highest BCUT2D eigenvalue weighted by atomic mass is 32.2. The van der Waals surface area contributed by atoms with Gasteiger partial charge < -0.3 is 0 Å². The van der Waals surface area contributed by atoms with Crippen molar-refractivity contribution < 1.29 is 4.79 Å². The molecule has 0 aliphatic carbocycles. The van der Waals surface area contributed by atoms with E-state index in [-0.39, 0.29) is 0 Å². The zero-order chi connectivity index (χ0) is 9.78. The molecule has 0 spiro atoms. The molecule has 0 aliphatic rings. The molecule has 0 unspecified atom stereocenters. The fraction of sp³-hybridized carbons (Fsp3) is 0.909. The molecule has 13 heavy (non-hydrogen) atoms. The van der Waals surface area contributed by atoms with Crippen LogP contribution in [0.5, 0.6) is 0 Å².